The van der Waals surface area contributed by atoms with Crippen LogP contribution in [0.4, 0.5) is 0 Å². The lowest BCUT2D eigenvalue weighted by molar-refractivity contribution is -0.113. The number of carbonyl (C=O) groups is 1. The summed E-state index contributed by atoms with van der Waals surface area (Å²) in [6.07, 6.45) is 5.65. The van der Waals surface area contributed by atoms with Crippen molar-refractivity contribution in [3.8, 4) is 0 Å². The molecule has 26 heavy (non-hydrogen) atoms. The maximum Gasteiger partial charge on any atom is 0.145 e. The van der Waals surface area contributed by atoms with Gasteiger partial charge in [-0.2, -0.15) is 0 Å². The SMILES string of the molecule is NCCOCCOCCOCCN/C1=C(\N)C(OCC=O)CCCCC1. The topological polar surface area (TPSA) is 118 Å². The average Bonchev–Trinajstić information content (AvgIpc) is 2.64. The van der Waals surface area contributed by atoms with E-state index in [2.05, 4.69) is 5.32 Å². The number of hydrogen-bond acceptors (Lipinski definition) is 8. The molecule has 0 fully saturated rings. The zero-order valence-corrected chi connectivity index (χ0v) is 15.8. The summed E-state index contributed by atoms with van der Waals surface area (Å²) in [5.74, 6) is 0. The molecule has 0 bridgehead atoms. The van der Waals surface area contributed by atoms with Gasteiger partial charge in [-0.15, -0.1) is 0 Å². The van der Waals surface area contributed by atoms with E-state index in [1.807, 2.05) is 0 Å². The minimum atomic E-state index is -0.182. The summed E-state index contributed by atoms with van der Waals surface area (Å²) in [5, 5.41) is 3.36. The molecule has 1 rings (SSSR count). The molecule has 5 N–H and O–H groups in total. The highest BCUT2D eigenvalue weighted by Crippen LogP contribution is 2.21. The maximum atomic E-state index is 10.5. The van der Waals surface area contributed by atoms with Gasteiger partial charge in [-0.25, -0.2) is 0 Å². The van der Waals surface area contributed by atoms with Gasteiger partial charge >= 0.3 is 0 Å². The van der Waals surface area contributed by atoms with Gasteiger partial charge in [0.05, 0.1) is 51.4 Å². The van der Waals surface area contributed by atoms with Crippen molar-refractivity contribution in [1.82, 2.24) is 5.32 Å². The lowest BCUT2D eigenvalue weighted by atomic mass is 9.99. The largest absolute Gasteiger partial charge is 0.399 e. The summed E-state index contributed by atoms with van der Waals surface area (Å²) >= 11 is 0. The van der Waals surface area contributed by atoms with Gasteiger partial charge in [0.15, 0.2) is 0 Å². The van der Waals surface area contributed by atoms with Crippen LogP contribution in [0.25, 0.3) is 0 Å². The molecule has 0 saturated heterocycles. The molecule has 0 aliphatic heterocycles. The molecule has 0 heterocycles. The van der Waals surface area contributed by atoms with Crippen LogP contribution in [0.3, 0.4) is 0 Å². The second-order valence-corrected chi connectivity index (χ2v) is 6.07. The van der Waals surface area contributed by atoms with E-state index in [4.69, 9.17) is 30.4 Å². The monoisotopic (exact) mass is 373 g/mol. The van der Waals surface area contributed by atoms with E-state index in [-0.39, 0.29) is 12.7 Å². The van der Waals surface area contributed by atoms with E-state index < -0.39 is 0 Å². The van der Waals surface area contributed by atoms with Gasteiger partial charge in [-0.3, -0.25) is 0 Å². The summed E-state index contributed by atoms with van der Waals surface area (Å²) in [6, 6.07) is 0. The molecule has 0 amide bonds. The third-order valence-electron chi connectivity index (χ3n) is 4.04. The third kappa shape index (κ3) is 10.7. The molecule has 0 radical (unpaired) electrons. The Bertz CT molecular complexity index is 393. The summed E-state index contributed by atoms with van der Waals surface area (Å²) in [6.45, 7) is 4.61. The van der Waals surface area contributed by atoms with Gasteiger partial charge in [-0.05, 0) is 19.3 Å². The number of aldehydes is 1. The van der Waals surface area contributed by atoms with Crippen LogP contribution in [0.2, 0.25) is 0 Å². The molecule has 152 valence electrons. The molecule has 1 unspecified atom stereocenters. The molecule has 0 aromatic carbocycles. The van der Waals surface area contributed by atoms with Gasteiger partial charge in [0.25, 0.3) is 0 Å². The molecular formula is C18H35N3O5. The van der Waals surface area contributed by atoms with E-state index in [1.54, 1.807) is 0 Å². The van der Waals surface area contributed by atoms with Crippen LogP contribution in [0.15, 0.2) is 11.4 Å². The van der Waals surface area contributed by atoms with E-state index in [1.165, 1.54) is 0 Å². The highest BCUT2D eigenvalue weighted by molar-refractivity contribution is 5.50. The van der Waals surface area contributed by atoms with Crippen LogP contribution < -0.4 is 16.8 Å². The molecule has 1 atom stereocenters. The fraction of sp³-hybridized carbons (Fsp3) is 0.833. The molecule has 8 heteroatoms. The molecule has 0 spiro atoms. The fourth-order valence-corrected chi connectivity index (χ4v) is 2.72. The van der Waals surface area contributed by atoms with Gasteiger partial charge in [-0.1, -0.05) is 12.8 Å². The Morgan fingerprint density at radius 2 is 1.69 bits per heavy atom. The quantitative estimate of drug-likeness (QED) is 0.277. The number of nitrogens with one attached hydrogen (secondary N) is 1. The van der Waals surface area contributed by atoms with Crippen LogP contribution in [-0.4, -0.2) is 71.7 Å². The highest BCUT2D eigenvalue weighted by Gasteiger charge is 2.18. The first-order valence-electron chi connectivity index (χ1n) is 9.50. The van der Waals surface area contributed by atoms with Gasteiger partial charge in [0.1, 0.15) is 12.9 Å². The summed E-state index contributed by atoms with van der Waals surface area (Å²) in [4.78, 5) is 10.5. The van der Waals surface area contributed by atoms with Crippen molar-refractivity contribution in [2.24, 2.45) is 11.5 Å². The average molecular weight is 373 g/mol. The zero-order chi connectivity index (χ0) is 18.9. The molecule has 8 nitrogen and oxygen atoms in total. The summed E-state index contributed by atoms with van der Waals surface area (Å²) in [7, 11) is 0. The Hall–Kier alpha value is -1.19. The first-order valence-corrected chi connectivity index (χ1v) is 9.50. The number of rotatable bonds is 15. The lowest BCUT2D eigenvalue weighted by Gasteiger charge is -2.24. The second kappa shape index (κ2) is 16.0. The molecule has 1 aliphatic rings. The van der Waals surface area contributed by atoms with Gasteiger partial charge in [0.2, 0.25) is 0 Å². The fourth-order valence-electron chi connectivity index (χ4n) is 2.72. The Morgan fingerprint density at radius 3 is 2.38 bits per heavy atom. The minimum Gasteiger partial charge on any atom is -0.399 e. The van der Waals surface area contributed by atoms with Crippen LogP contribution in [-0.2, 0) is 23.7 Å². The minimum absolute atomic E-state index is 0.0824. The first-order chi connectivity index (χ1) is 12.8. The van der Waals surface area contributed by atoms with E-state index in [0.29, 0.717) is 58.4 Å². The van der Waals surface area contributed by atoms with Crippen molar-refractivity contribution < 1.29 is 23.7 Å². The molecule has 0 saturated carbocycles. The zero-order valence-electron chi connectivity index (χ0n) is 15.8. The predicted octanol–water partition coefficient (Wildman–Crippen LogP) is 0.303. The van der Waals surface area contributed by atoms with Crippen molar-refractivity contribution >= 4 is 6.29 Å². The molecule has 0 aromatic heterocycles. The van der Waals surface area contributed by atoms with E-state index in [0.717, 1.165) is 44.1 Å². The Balaban J connectivity index is 2.16. The smallest absolute Gasteiger partial charge is 0.145 e. The standard InChI is InChI=1S/C18H35N3O5/c19-6-9-23-12-14-25-15-13-24-10-7-21-16-4-2-1-3-5-17(18(16)20)26-11-8-22/h8,17,21H,1-7,9-15,19-20H2/b18-16-. The van der Waals surface area contributed by atoms with Gasteiger partial charge in [0, 0.05) is 18.8 Å². The molecular weight excluding hydrogens is 338 g/mol. The number of allylic oxidation sites excluding steroid dienone is 1. The van der Waals surface area contributed by atoms with Crippen molar-refractivity contribution in [2.75, 3.05) is 59.3 Å². The van der Waals surface area contributed by atoms with Crippen molar-refractivity contribution in [3.05, 3.63) is 11.4 Å². The van der Waals surface area contributed by atoms with Crippen LogP contribution in [0, 0.1) is 0 Å². The van der Waals surface area contributed by atoms with E-state index in [9.17, 15) is 4.79 Å². The maximum absolute atomic E-state index is 10.5. The number of ether oxygens (including phenoxy) is 4. The third-order valence-corrected chi connectivity index (χ3v) is 4.04. The Kier molecular flexibility index (Phi) is 14.1. The second-order valence-electron chi connectivity index (χ2n) is 6.07. The normalized spacial score (nSPS) is 21.2. The lowest BCUT2D eigenvalue weighted by Crippen LogP contribution is -2.31. The first kappa shape index (κ1) is 22.9. The van der Waals surface area contributed by atoms with Crippen molar-refractivity contribution in [3.63, 3.8) is 0 Å². The number of hydrogen-bond donors (Lipinski definition) is 3. The van der Waals surface area contributed by atoms with Crippen LogP contribution >= 0.6 is 0 Å². The summed E-state index contributed by atoms with van der Waals surface area (Å²) < 4.78 is 21.7. The Morgan fingerprint density at radius 1 is 1.00 bits per heavy atom. The van der Waals surface area contributed by atoms with Crippen LogP contribution in [0.5, 0.6) is 0 Å². The van der Waals surface area contributed by atoms with E-state index >= 15 is 0 Å². The highest BCUT2D eigenvalue weighted by atomic mass is 16.5. The Labute approximate surface area is 156 Å². The molecule has 0 aromatic rings. The van der Waals surface area contributed by atoms with Crippen molar-refractivity contribution in [1.29, 1.82) is 0 Å². The predicted molar refractivity (Wildman–Crippen MR) is 99.6 cm³/mol. The van der Waals surface area contributed by atoms with Crippen molar-refractivity contribution in [2.45, 2.75) is 38.2 Å². The summed E-state index contributed by atoms with van der Waals surface area (Å²) in [5.41, 5.74) is 13.3. The number of nitrogens with two attached hydrogens (primary N) is 2. The van der Waals surface area contributed by atoms with Crippen LogP contribution in [0.1, 0.15) is 32.1 Å². The van der Waals surface area contributed by atoms with Gasteiger partial charge < -0.3 is 40.5 Å². The molecule has 1 aliphatic carbocycles. The number of carbonyl (C=O) groups excluding carboxylic acids is 1.